The van der Waals surface area contributed by atoms with Gasteiger partial charge in [0.05, 0.1) is 5.56 Å². The van der Waals surface area contributed by atoms with Gasteiger partial charge in [0, 0.05) is 12.1 Å². The standard InChI is InChI=1S/C8H2F6O/c9-3-1-4(10)6(5(11)2-3)7(15)8(12,13)14/h1-2H. The summed E-state index contributed by atoms with van der Waals surface area (Å²) in [5.74, 6) is -7.84. The average Bonchev–Trinajstić information content (AvgIpc) is 1.99. The van der Waals surface area contributed by atoms with E-state index in [0.717, 1.165) is 0 Å². The molecule has 0 aromatic heterocycles. The Bertz CT molecular complexity index is 385. The molecule has 15 heavy (non-hydrogen) atoms. The molecule has 1 aromatic carbocycles. The van der Waals surface area contributed by atoms with E-state index in [0.29, 0.717) is 0 Å². The van der Waals surface area contributed by atoms with Crippen molar-refractivity contribution >= 4 is 5.78 Å². The molecule has 0 atom stereocenters. The summed E-state index contributed by atoms with van der Waals surface area (Å²) in [6.45, 7) is 0. The Morgan fingerprint density at radius 3 is 1.73 bits per heavy atom. The van der Waals surface area contributed by atoms with Crippen molar-refractivity contribution in [2.45, 2.75) is 6.18 Å². The van der Waals surface area contributed by atoms with Gasteiger partial charge in [-0.2, -0.15) is 13.2 Å². The van der Waals surface area contributed by atoms with E-state index >= 15 is 0 Å². The lowest BCUT2D eigenvalue weighted by atomic mass is 10.1. The van der Waals surface area contributed by atoms with Crippen LogP contribution in [0.2, 0.25) is 0 Å². The van der Waals surface area contributed by atoms with E-state index in [1.54, 1.807) is 0 Å². The lowest BCUT2D eigenvalue weighted by Gasteiger charge is -2.07. The Hall–Kier alpha value is -1.53. The normalized spacial score (nSPS) is 11.6. The minimum atomic E-state index is -5.40. The first-order valence-electron chi connectivity index (χ1n) is 3.49. The van der Waals surface area contributed by atoms with Crippen LogP contribution >= 0.6 is 0 Å². The van der Waals surface area contributed by atoms with Gasteiger partial charge in [0.25, 0.3) is 5.78 Å². The molecule has 1 aromatic rings. The number of benzene rings is 1. The molecule has 1 rings (SSSR count). The molecule has 0 saturated heterocycles. The molecule has 0 heterocycles. The molecule has 0 spiro atoms. The Morgan fingerprint density at radius 2 is 1.40 bits per heavy atom. The number of carbonyl (C=O) groups excluding carboxylic acids is 1. The molecule has 0 fully saturated rings. The number of carbonyl (C=O) groups is 1. The van der Waals surface area contributed by atoms with Gasteiger partial charge >= 0.3 is 6.18 Å². The lowest BCUT2D eigenvalue weighted by molar-refractivity contribution is -0.0890. The highest BCUT2D eigenvalue weighted by atomic mass is 19.4. The summed E-state index contributed by atoms with van der Waals surface area (Å²) < 4.78 is 73.1. The number of halogens is 6. The molecule has 0 aliphatic rings. The molecule has 0 saturated carbocycles. The van der Waals surface area contributed by atoms with E-state index in [4.69, 9.17) is 0 Å². The fraction of sp³-hybridized carbons (Fsp3) is 0.125. The van der Waals surface area contributed by atoms with E-state index < -0.39 is 35.0 Å². The van der Waals surface area contributed by atoms with Crippen LogP contribution in [0.25, 0.3) is 0 Å². The highest BCUT2D eigenvalue weighted by molar-refractivity contribution is 6.00. The number of alkyl halides is 3. The first-order valence-corrected chi connectivity index (χ1v) is 3.49. The van der Waals surface area contributed by atoms with Crippen LogP contribution in [0.4, 0.5) is 26.3 Å². The van der Waals surface area contributed by atoms with Gasteiger partial charge in [-0.1, -0.05) is 0 Å². The quantitative estimate of drug-likeness (QED) is 0.533. The number of rotatable bonds is 1. The molecular formula is C8H2F6O. The van der Waals surface area contributed by atoms with Crippen molar-refractivity contribution in [1.82, 2.24) is 0 Å². The molecule has 7 heteroatoms. The molecule has 0 aliphatic carbocycles. The van der Waals surface area contributed by atoms with Crippen LogP contribution in [0, 0.1) is 17.5 Å². The Balaban J connectivity index is 3.33. The van der Waals surface area contributed by atoms with E-state index in [1.165, 1.54) is 0 Å². The monoisotopic (exact) mass is 228 g/mol. The maximum atomic E-state index is 12.7. The maximum absolute atomic E-state index is 12.7. The van der Waals surface area contributed by atoms with Crippen LogP contribution in [-0.2, 0) is 0 Å². The molecule has 82 valence electrons. The third kappa shape index (κ3) is 2.28. The smallest absolute Gasteiger partial charge is 0.284 e. The fourth-order valence-corrected chi connectivity index (χ4v) is 0.901. The topological polar surface area (TPSA) is 17.1 Å². The van der Waals surface area contributed by atoms with Gasteiger partial charge in [0.1, 0.15) is 17.5 Å². The molecule has 0 radical (unpaired) electrons. The van der Waals surface area contributed by atoms with E-state index in [1.807, 2.05) is 0 Å². The Labute approximate surface area is 79.3 Å². The highest BCUT2D eigenvalue weighted by Gasteiger charge is 2.42. The second-order valence-corrected chi connectivity index (χ2v) is 2.57. The summed E-state index contributed by atoms with van der Waals surface area (Å²) in [6.07, 6.45) is -5.40. The Kier molecular flexibility index (Phi) is 2.74. The lowest BCUT2D eigenvalue weighted by Crippen LogP contribution is -2.25. The summed E-state index contributed by atoms with van der Waals surface area (Å²) in [4.78, 5) is 10.5. The number of hydrogen-bond donors (Lipinski definition) is 0. The van der Waals surface area contributed by atoms with Gasteiger partial charge in [-0.3, -0.25) is 4.79 Å². The largest absolute Gasteiger partial charge is 0.455 e. The number of Topliss-reactive ketones (excluding diaryl/α,β-unsaturated/α-hetero) is 1. The van der Waals surface area contributed by atoms with Gasteiger partial charge in [-0.25, -0.2) is 13.2 Å². The number of ketones is 1. The molecule has 0 bridgehead atoms. The van der Waals surface area contributed by atoms with Gasteiger partial charge in [-0.15, -0.1) is 0 Å². The molecule has 1 nitrogen and oxygen atoms in total. The third-order valence-electron chi connectivity index (χ3n) is 1.49. The van der Waals surface area contributed by atoms with Crippen molar-refractivity contribution in [2.24, 2.45) is 0 Å². The van der Waals surface area contributed by atoms with Crippen LogP contribution < -0.4 is 0 Å². The van der Waals surface area contributed by atoms with E-state index in [2.05, 4.69) is 0 Å². The highest BCUT2D eigenvalue weighted by Crippen LogP contribution is 2.25. The number of hydrogen-bond acceptors (Lipinski definition) is 1. The summed E-state index contributed by atoms with van der Waals surface area (Å²) in [5, 5.41) is 0. The summed E-state index contributed by atoms with van der Waals surface area (Å²) in [5.41, 5.74) is -1.80. The van der Waals surface area contributed by atoms with Crippen molar-refractivity contribution < 1.29 is 31.1 Å². The van der Waals surface area contributed by atoms with Gasteiger partial charge in [-0.05, 0) is 0 Å². The zero-order valence-electron chi connectivity index (χ0n) is 6.83. The molecule has 0 N–H and O–H groups in total. The minimum absolute atomic E-state index is 0.00204. The Morgan fingerprint density at radius 1 is 1.00 bits per heavy atom. The third-order valence-corrected chi connectivity index (χ3v) is 1.49. The van der Waals surface area contributed by atoms with Gasteiger partial charge in [0.2, 0.25) is 0 Å². The summed E-state index contributed by atoms with van der Waals surface area (Å²) in [7, 11) is 0. The first kappa shape index (κ1) is 11.5. The van der Waals surface area contributed by atoms with Crippen molar-refractivity contribution in [3.05, 3.63) is 35.1 Å². The van der Waals surface area contributed by atoms with E-state index in [9.17, 15) is 31.1 Å². The molecular weight excluding hydrogens is 226 g/mol. The zero-order valence-corrected chi connectivity index (χ0v) is 6.83. The second-order valence-electron chi connectivity index (χ2n) is 2.57. The molecule has 0 aliphatic heterocycles. The van der Waals surface area contributed by atoms with Crippen LogP contribution in [-0.4, -0.2) is 12.0 Å². The molecule has 0 amide bonds. The van der Waals surface area contributed by atoms with Crippen LogP contribution in [0.1, 0.15) is 10.4 Å². The van der Waals surface area contributed by atoms with Crippen molar-refractivity contribution in [3.63, 3.8) is 0 Å². The van der Waals surface area contributed by atoms with Gasteiger partial charge in [0.15, 0.2) is 0 Å². The van der Waals surface area contributed by atoms with Crippen molar-refractivity contribution in [2.75, 3.05) is 0 Å². The van der Waals surface area contributed by atoms with Crippen LogP contribution in [0.15, 0.2) is 12.1 Å². The summed E-state index contributed by atoms with van der Waals surface area (Å²) >= 11 is 0. The first-order chi connectivity index (χ1) is 6.73. The SMILES string of the molecule is O=C(c1c(F)cc(F)cc1F)C(F)(F)F. The molecule has 0 unspecified atom stereocenters. The second kappa shape index (κ2) is 3.56. The summed E-state index contributed by atoms with van der Waals surface area (Å²) in [6, 6.07) is 0.00407. The van der Waals surface area contributed by atoms with Gasteiger partial charge < -0.3 is 0 Å². The van der Waals surface area contributed by atoms with Crippen molar-refractivity contribution in [1.29, 1.82) is 0 Å². The average molecular weight is 228 g/mol. The predicted octanol–water partition coefficient (Wildman–Crippen LogP) is 2.85. The van der Waals surface area contributed by atoms with Crippen LogP contribution in [0.5, 0.6) is 0 Å². The zero-order chi connectivity index (χ0) is 11.8. The fourth-order valence-electron chi connectivity index (χ4n) is 0.901. The predicted molar refractivity (Wildman–Crippen MR) is 36.7 cm³/mol. The minimum Gasteiger partial charge on any atom is -0.284 e. The maximum Gasteiger partial charge on any atom is 0.455 e. The van der Waals surface area contributed by atoms with Crippen molar-refractivity contribution in [3.8, 4) is 0 Å². The van der Waals surface area contributed by atoms with E-state index in [-0.39, 0.29) is 12.1 Å². The van der Waals surface area contributed by atoms with Crippen LogP contribution in [0.3, 0.4) is 0 Å².